The molecule has 3 aromatic rings. The number of amides is 1. The number of carbonyl (C=O) groups is 1. The second-order valence-electron chi connectivity index (χ2n) is 5.98. The molecule has 2 heterocycles. The number of hydrogen-bond acceptors (Lipinski definition) is 5. The van der Waals surface area contributed by atoms with Gasteiger partial charge in [-0.25, -0.2) is 9.66 Å². The summed E-state index contributed by atoms with van der Waals surface area (Å²) in [5.74, 6) is -0.00470. The molecule has 2 aromatic heterocycles. The first-order chi connectivity index (χ1) is 11.9. The number of rotatable bonds is 4. The number of nitrogens with one attached hydrogen (secondary N) is 1. The van der Waals surface area contributed by atoms with Gasteiger partial charge in [-0.1, -0.05) is 17.7 Å². The van der Waals surface area contributed by atoms with Crippen LogP contribution < -0.4 is 11.0 Å². The first-order valence-corrected chi connectivity index (χ1v) is 9.64. The van der Waals surface area contributed by atoms with E-state index in [1.165, 1.54) is 34.1 Å². The fourth-order valence-electron chi connectivity index (χ4n) is 2.49. The maximum atomic E-state index is 12.6. The largest absolute Gasteiger partial charge is 0.281 e. The molecule has 1 aromatic carbocycles. The van der Waals surface area contributed by atoms with E-state index in [2.05, 4.69) is 16.5 Å². The minimum absolute atomic E-state index is 0.233. The molecule has 1 N–H and O–H groups in total. The third-order valence-corrected chi connectivity index (χ3v) is 6.31. The first-order valence-electron chi connectivity index (χ1n) is 7.84. The third kappa shape index (κ3) is 3.62. The second-order valence-corrected chi connectivity index (χ2v) is 8.20. The van der Waals surface area contributed by atoms with Crippen LogP contribution in [-0.2, 0) is 4.79 Å². The molecule has 3 rings (SSSR count). The predicted molar refractivity (Wildman–Crippen MR) is 104 cm³/mol. The van der Waals surface area contributed by atoms with Gasteiger partial charge < -0.3 is 0 Å². The summed E-state index contributed by atoms with van der Waals surface area (Å²) in [5.41, 5.74) is 5.60. The molecule has 0 atom stereocenters. The number of carbonyl (C=O) groups excluding carboxylic acids is 1. The van der Waals surface area contributed by atoms with Crippen LogP contribution in [0.5, 0.6) is 0 Å². The average Bonchev–Trinajstić information content (AvgIpc) is 2.86. The highest BCUT2D eigenvalue weighted by Crippen LogP contribution is 2.25. The number of fused-ring (bicyclic) bond motifs is 1. The molecule has 1 amide bonds. The smallest absolute Gasteiger partial charge is 0.272 e. The van der Waals surface area contributed by atoms with Crippen LogP contribution in [0.25, 0.3) is 10.2 Å². The van der Waals surface area contributed by atoms with Crippen molar-refractivity contribution in [2.45, 2.75) is 32.6 Å². The summed E-state index contributed by atoms with van der Waals surface area (Å²) < 4.78 is 1.17. The molecule has 25 heavy (non-hydrogen) atoms. The molecule has 0 radical (unpaired) electrons. The van der Waals surface area contributed by atoms with Crippen LogP contribution in [0.1, 0.15) is 21.6 Å². The van der Waals surface area contributed by atoms with E-state index in [1.54, 1.807) is 0 Å². The normalized spacial score (nSPS) is 11.0. The van der Waals surface area contributed by atoms with Crippen LogP contribution in [0, 0.1) is 27.7 Å². The SMILES string of the molecule is Cc1ccc(C)c(SCC(=O)Nn2cnc3sc(C)c(C)c3c2=O)c1. The second kappa shape index (κ2) is 7.01. The van der Waals surface area contributed by atoms with Gasteiger partial charge in [0.2, 0.25) is 5.91 Å². The summed E-state index contributed by atoms with van der Waals surface area (Å²) in [6.07, 6.45) is 1.38. The Morgan fingerprint density at radius 3 is 2.80 bits per heavy atom. The molecule has 5 nitrogen and oxygen atoms in total. The number of hydrogen-bond donors (Lipinski definition) is 1. The van der Waals surface area contributed by atoms with Crippen LogP contribution in [0.4, 0.5) is 0 Å². The Balaban J connectivity index is 1.76. The fraction of sp³-hybridized carbons (Fsp3) is 0.278. The number of benzene rings is 1. The molecule has 0 aliphatic carbocycles. The van der Waals surface area contributed by atoms with E-state index in [0.29, 0.717) is 10.2 Å². The lowest BCUT2D eigenvalue weighted by atomic mass is 10.2. The van der Waals surface area contributed by atoms with E-state index in [0.717, 1.165) is 26.5 Å². The summed E-state index contributed by atoms with van der Waals surface area (Å²) in [4.78, 5) is 31.9. The summed E-state index contributed by atoms with van der Waals surface area (Å²) in [6, 6.07) is 6.15. The van der Waals surface area contributed by atoms with Gasteiger partial charge in [-0.15, -0.1) is 23.1 Å². The zero-order valence-corrected chi connectivity index (χ0v) is 16.2. The predicted octanol–water partition coefficient (Wildman–Crippen LogP) is 3.55. The van der Waals surface area contributed by atoms with Gasteiger partial charge in [0, 0.05) is 9.77 Å². The molecule has 0 unspecified atom stereocenters. The standard InChI is InChI=1S/C18H19N3O2S2/c1-10-5-6-11(2)14(7-10)24-8-15(22)20-21-9-19-17-16(18(21)23)12(3)13(4)25-17/h5-7,9H,8H2,1-4H3,(H,20,22). The quantitative estimate of drug-likeness (QED) is 0.710. The highest BCUT2D eigenvalue weighted by molar-refractivity contribution is 8.00. The summed E-state index contributed by atoms with van der Waals surface area (Å²) in [7, 11) is 0. The lowest BCUT2D eigenvalue weighted by molar-refractivity contribution is -0.114. The topological polar surface area (TPSA) is 64.0 Å². The Bertz CT molecular complexity index is 1020. The highest BCUT2D eigenvalue weighted by Gasteiger charge is 2.13. The Labute approximate surface area is 154 Å². The van der Waals surface area contributed by atoms with Crippen molar-refractivity contribution >= 4 is 39.2 Å². The van der Waals surface area contributed by atoms with Gasteiger partial charge >= 0.3 is 0 Å². The van der Waals surface area contributed by atoms with E-state index >= 15 is 0 Å². The van der Waals surface area contributed by atoms with Gasteiger partial charge in [-0.2, -0.15) is 0 Å². The van der Waals surface area contributed by atoms with Crippen molar-refractivity contribution in [1.82, 2.24) is 9.66 Å². The molecular formula is C18H19N3O2S2. The van der Waals surface area contributed by atoms with Gasteiger partial charge in [0.05, 0.1) is 11.1 Å². The molecular weight excluding hydrogens is 354 g/mol. The summed E-state index contributed by atoms with van der Waals surface area (Å²) >= 11 is 2.95. The van der Waals surface area contributed by atoms with Crippen LogP contribution in [0.3, 0.4) is 0 Å². The maximum absolute atomic E-state index is 12.6. The molecule has 0 aliphatic rings. The summed E-state index contributed by atoms with van der Waals surface area (Å²) in [5, 5.41) is 0.576. The van der Waals surface area contributed by atoms with E-state index < -0.39 is 0 Å². The van der Waals surface area contributed by atoms with Crippen molar-refractivity contribution in [3.05, 3.63) is 56.4 Å². The molecule has 0 aliphatic heterocycles. The van der Waals surface area contributed by atoms with Crippen molar-refractivity contribution in [3.63, 3.8) is 0 Å². The van der Waals surface area contributed by atoms with E-state index in [1.807, 2.05) is 39.8 Å². The maximum Gasteiger partial charge on any atom is 0.281 e. The molecule has 130 valence electrons. The Kier molecular flexibility index (Phi) is 4.96. The van der Waals surface area contributed by atoms with E-state index in [4.69, 9.17) is 0 Å². The third-order valence-electron chi connectivity index (χ3n) is 4.04. The van der Waals surface area contributed by atoms with Crippen molar-refractivity contribution < 1.29 is 4.79 Å². The Morgan fingerprint density at radius 2 is 2.04 bits per heavy atom. The minimum Gasteiger partial charge on any atom is -0.272 e. The van der Waals surface area contributed by atoms with E-state index in [9.17, 15) is 9.59 Å². The van der Waals surface area contributed by atoms with Crippen molar-refractivity contribution in [3.8, 4) is 0 Å². The van der Waals surface area contributed by atoms with Crippen LogP contribution in [0.15, 0.2) is 34.2 Å². The Hall–Kier alpha value is -2.12. The highest BCUT2D eigenvalue weighted by atomic mass is 32.2. The molecule has 0 fully saturated rings. The number of thioether (sulfide) groups is 1. The number of thiophene rings is 1. The number of nitrogens with zero attached hydrogens (tertiary/aromatic N) is 2. The van der Waals surface area contributed by atoms with Crippen LogP contribution in [-0.4, -0.2) is 21.3 Å². The van der Waals surface area contributed by atoms with Gasteiger partial charge in [0.15, 0.2) is 0 Å². The van der Waals surface area contributed by atoms with Gasteiger partial charge in [0.1, 0.15) is 11.2 Å². The monoisotopic (exact) mass is 373 g/mol. The fourth-order valence-corrected chi connectivity index (χ4v) is 4.39. The number of aromatic nitrogens is 2. The average molecular weight is 374 g/mol. The molecule has 7 heteroatoms. The lowest BCUT2D eigenvalue weighted by Gasteiger charge is -2.09. The first kappa shape index (κ1) is 17.7. The van der Waals surface area contributed by atoms with Crippen molar-refractivity contribution in [2.24, 2.45) is 0 Å². The Morgan fingerprint density at radius 1 is 1.28 bits per heavy atom. The molecule has 0 saturated heterocycles. The van der Waals surface area contributed by atoms with Crippen molar-refractivity contribution in [1.29, 1.82) is 0 Å². The van der Waals surface area contributed by atoms with Gasteiger partial charge in [-0.3, -0.25) is 15.0 Å². The molecule has 0 bridgehead atoms. The minimum atomic E-state index is -0.239. The van der Waals surface area contributed by atoms with Gasteiger partial charge in [0.25, 0.3) is 5.56 Å². The molecule has 0 spiro atoms. The van der Waals surface area contributed by atoms with E-state index in [-0.39, 0.29) is 17.2 Å². The number of aryl methyl sites for hydroxylation is 4. The van der Waals surface area contributed by atoms with Crippen LogP contribution >= 0.6 is 23.1 Å². The zero-order chi connectivity index (χ0) is 18.1. The van der Waals surface area contributed by atoms with Crippen molar-refractivity contribution in [2.75, 3.05) is 11.2 Å². The summed E-state index contributed by atoms with van der Waals surface area (Å²) in [6.45, 7) is 7.91. The zero-order valence-electron chi connectivity index (χ0n) is 14.5. The van der Waals surface area contributed by atoms with Crippen LogP contribution in [0.2, 0.25) is 0 Å². The lowest BCUT2D eigenvalue weighted by Crippen LogP contribution is -2.34. The molecule has 0 saturated carbocycles. The van der Waals surface area contributed by atoms with Gasteiger partial charge in [-0.05, 0) is 44.9 Å².